The van der Waals surface area contributed by atoms with Crippen LogP contribution in [-0.2, 0) is 35.6 Å². The minimum atomic E-state index is -5.08. The molecule has 11 heteroatoms. The van der Waals surface area contributed by atoms with Crippen molar-refractivity contribution in [1.29, 1.82) is 0 Å². The molecule has 1 aliphatic heterocycles. The van der Waals surface area contributed by atoms with Crippen molar-refractivity contribution < 1.29 is 27.8 Å². The Labute approximate surface area is 164 Å². The monoisotopic (exact) mass is 420 g/mol. The Balaban J connectivity index is 0.000000345. The number of fused-ring (bicyclic) bond motifs is 1. The highest BCUT2D eigenvalue weighted by Crippen LogP contribution is 2.26. The molecule has 0 bridgehead atoms. The van der Waals surface area contributed by atoms with E-state index in [9.17, 15) is 13.2 Å². The number of carboxylic acids is 1. The summed E-state index contributed by atoms with van der Waals surface area (Å²) in [6.45, 7) is 7.92. The van der Waals surface area contributed by atoms with Crippen molar-refractivity contribution in [1.82, 2.24) is 19.7 Å². The Morgan fingerprint density at radius 3 is 2.61 bits per heavy atom. The Morgan fingerprint density at radius 1 is 1.43 bits per heavy atom. The van der Waals surface area contributed by atoms with E-state index in [1.54, 1.807) is 18.4 Å². The second-order valence-electron chi connectivity index (χ2n) is 6.53. The van der Waals surface area contributed by atoms with Crippen molar-refractivity contribution in [3.8, 4) is 0 Å². The molecule has 3 heterocycles. The molecule has 0 amide bonds. The molecule has 3 rings (SSSR count). The predicted molar refractivity (Wildman–Crippen MR) is 96.9 cm³/mol. The second kappa shape index (κ2) is 9.48. The lowest BCUT2D eigenvalue weighted by molar-refractivity contribution is -0.192. The van der Waals surface area contributed by atoms with E-state index in [0.29, 0.717) is 12.6 Å². The third-order valence-corrected chi connectivity index (χ3v) is 4.87. The molecule has 0 radical (unpaired) electrons. The second-order valence-corrected chi connectivity index (χ2v) is 7.51. The highest BCUT2D eigenvalue weighted by molar-refractivity contribution is 7.09. The number of thiazole rings is 1. The fraction of sp³-hybridized carbons (Fsp3) is 0.588. The summed E-state index contributed by atoms with van der Waals surface area (Å²) in [5.41, 5.74) is 3.84. The molecule has 7 nitrogen and oxygen atoms in total. The normalized spacial score (nSPS) is 14.5. The molecule has 0 saturated heterocycles. The van der Waals surface area contributed by atoms with Gasteiger partial charge in [-0.2, -0.15) is 18.3 Å². The molecule has 0 unspecified atom stereocenters. The van der Waals surface area contributed by atoms with Crippen LogP contribution in [0.5, 0.6) is 0 Å². The van der Waals surface area contributed by atoms with Gasteiger partial charge in [0.1, 0.15) is 5.01 Å². The zero-order valence-electron chi connectivity index (χ0n) is 15.9. The van der Waals surface area contributed by atoms with Gasteiger partial charge in [0.25, 0.3) is 0 Å². The first-order chi connectivity index (χ1) is 13.1. The number of hydrogen-bond acceptors (Lipinski definition) is 6. The first kappa shape index (κ1) is 22.3. The fourth-order valence-electron chi connectivity index (χ4n) is 2.91. The summed E-state index contributed by atoms with van der Waals surface area (Å²) in [6, 6.07) is 0.379. The predicted octanol–water partition coefficient (Wildman–Crippen LogP) is 3.26. The average molecular weight is 420 g/mol. The van der Waals surface area contributed by atoms with Gasteiger partial charge in [-0.05, 0) is 20.3 Å². The Hall–Kier alpha value is -1.98. The summed E-state index contributed by atoms with van der Waals surface area (Å²) < 4.78 is 39.2. The summed E-state index contributed by atoms with van der Waals surface area (Å²) in [7, 11) is 1.73. The van der Waals surface area contributed by atoms with E-state index >= 15 is 0 Å². The number of carboxylic acid groups (broad SMARTS) is 1. The van der Waals surface area contributed by atoms with Gasteiger partial charge in [0.05, 0.1) is 24.5 Å². The van der Waals surface area contributed by atoms with E-state index < -0.39 is 12.1 Å². The van der Waals surface area contributed by atoms with Crippen molar-refractivity contribution >= 4 is 17.3 Å². The highest BCUT2D eigenvalue weighted by Gasteiger charge is 2.38. The Morgan fingerprint density at radius 2 is 2.11 bits per heavy atom. The summed E-state index contributed by atoms with van der Waals surface area (Å²) in [5, 5.41) is 15.1. The van der Waals surface area contributed by atoms with E-state index in [-0.39, 0.29) is 0 Å². The van der Waals surface area contributed by atoms with Gasteiger partial charge in [0.2, 0.25) is 0 Å². The van der Waals surface area contributed by atoms with Gasteiger partial charge >= 0.3 is 12.1 Å². The molecule has 1 N–H and O–H groups in total. The fourth-order valence-corrected chi connectivity index (χ4v) is 3.57. The number of aliphatic carboxylic acids is 1. The van der Waals surface area contributed by atoms with Crippen molar-refractivity contribution in [3.63, 3.8) is 0 Å². The third kappa shape index (κ3) is 5.76. The van der Waals surface area contributed by atoms with Gasteiger partial charge in [-0.15, -0.1) is 11.3 Å². The highest BCUT2D eigenvalue weighted by atomic mass is 32.1. The molecule has 0 spiro atoms. The first-order valence-electron chi connectivity index (χ1n) is 8.62. The molecule has 0 aliphatic carbocycles. The third-order valence-electron chi connectivity index (χ3n) is 4.11. The van der Waals surface area contributed by atoms with Crippen LogP contribution in [0.2, 0.25) is 0 Å². The number of halogens is 3. The van der Waals surface area contributed by atoms with Gasteiger partial charge in [-0.3, -0.25) is 9.58 Å². The minimum Gasteiger partial charge on any atom is -0.475 e. The molecule has 0 aromatic carbocycles. The van der Waals surface area contributed by atoms with Gasteiger partial charge in [0.15, 0.2) is 0 Å². The summed E-state index contributed by atoms with van der Waals surface area (Å²) in [6.07, 6.45) is -2.16. The van der Waals surface area contributed by atoms with Crippen molar-refractivity contribution in [2.24, 2.45) is 0 Å². The van der Waals surface area contributed by atoms with Crippen LogP contribution in [0.15, 0.2) is 11.6 Å². The van der Waals surface area contributed by atoms with Crippen molar-refractivity contribution in [2.45, 2.75) is 52.2 Å². The molecule has 0 saturated carbocycles. The molecule has 156 valence electrons. The lowest BCUT2D eigenvalue weighted by Gasteiger charge is -2.27. The van der Waals surface area contributed by atoms with Gasteiger partial charge < -0.3 is 9.84 Å². The summed E-state index contributed by atoms with van der Waals surface area (Å²) >= 11 is 1.73. The van der Waals surface area contributed by atoms with Gasteiger partial charge in [-0.1, -0.05) is 0 Å². The maximum atomic E-state index is 10.6. The quantitative estimate of drug-likeness (QED) is 0.800. The standard InChI is InChI=1S/C15H22N4OS.C2HF3O2/c1-11(2)19-14-8-18(9-15-16-5-7-21-15)6-4-12(14)13(17-19)10-20-3;3-2(4,5)1(6)7/h5,7,11H,4,6,8-10H2,1-3H3;(H,6,7). The van der Waals surface area contributed by atoms with Crippen LogP contribution in [0.1, 0.15) is 41.8 Å². The zero-order chi connectivity index (χ0) is 20.9. The summed E-state index contributed by atoms with van der Waals surface area (Å²) in [4.78, 5) is 15.7. The van der Waals surface area contributed by atoms with Crippen molar-refractivity contribution in [3.05, 3.63) is 33.5 Å². The van der Waals surface area contributed by atoms with Gasteiger partial charge in [0, 0.05) is 43.4 Å². The molecule has 1 aliphatic rings. The molecular formula is C17H23F3N4O3S. The first-order valence-corrected chi connectivity index (χ1v) is 9.50. The van der Waals surface area contributed by atoms with Crippen molar-refractivity contribution in [2.75, 3.05) is 13.7 Å². The van der Waals surface area contributed by atoms with Crippen LogP contribution >= 0.6 is 11.3 Å². The SMILES string of the molecule is COCc1nn(C(C)C)c2c1CCN(Cc1nccs1)C2.O=C(O)C(F)(F)F. The Kier molecular flexibility index (Phi) is 7.55. The average Bonchev–Trinajstić information content (AvgIpc) is 3.23. The number of aromatic nitrogens is 3. The van der Waals surface area contributed by atoms with Crippen LogP contribution in [0.25, 0.3) is 0 Å². The number of hydrogen-bond donors (Lipinski definition) is 1. The molecular weight excluding hydrogens is 397 g/mol. The van der Waals surface area contributed by atoms with E-state index in [1.165, 1.54) is 16.3 Å². The smallest absolute Gasteiger partial charge is 0.475 e. The van der Waals surface area contributed by atoms with Crippen LogP contribution < -0.4 is 0 Å². The molecule has 0 fully saturated rings. The van der Waals surface area contributed by atoms with Crippen LogP contribution in [0.3, 0.4) is 0 Å². The van der Waals surface area contributed by atoms with Gasteiger partial charge in [-0.25, -0.2) is 9.78 Å². The van der Waals surface area contributed by atoms with Crippen LogP contribution in [0, 0.1) is 0 Å². The number of methoxy groups -OCH3 is 1. The Bertz CT molecular complexity index is 775. The topological polar surface area (TPSA) is 80.5 Å². The zero-order valence-corrected chi connectivity index (χ0v) is 16.7. The van der Waals surface area contributed by atoms with Crippen LogP contribution in [0.4, 0.5) is 13.2 Å². The van der Waals surface area contributed by atoms with Crippen LogP contribution in [-0.4, -0.2) is 50.6 Å². The summed E-state index contributed by atoms with van der Waals surface area (Å²) in [5.74, 6) is -2.76. The maximum Gasteiger partial charge on any atom is 0.490 e. The molecule has 28 heavy (non-hydrogen) atoms. The molecule has 2 aromatic rings. The lowest BCUT2D eigenvalue weighted by atomic mass is 10.0. The maximum absolute atomic E-state index is 10.6. The minimum absolute atomic E-state index is 0.379. The van der Waals surface area contributed by atoms with E-state index in [1.807, 2.05) is 11.6 Å². The van der Waals surface area contributed by atoms with E-state index in [0.717, 1.165) is 31.7 Å². The lowest BCUT2D eigenvalue weighted by Crippen LogP contribution is -2.31. The number of rotatable bonds is 5. The van der Waals surface area contributed by atoms with E-state index in [2.05, 4.69) is 28.4 Å². The molecule has 2 aromatic heterocycles. The number of nitrogens with zero attached hydrogens (tertiary/aromatic N) is 4. The number of carbonyl (C=O) groups is 1. The molecule has 0 atom stereocenters. The van der Waals surface area contributed by atoms with E-state index in [4.69, 9.17) is 19.7 Å². The number of alkyl halides is 3. The largest absolute Gasteiger partial charge is 0.490 e. The number of ether oxygens (including phenoxy) is 1.